The molecule has 120 valence electrons. The number of benzene rings is 1. The minimum Gasteiger partial charge on any atom is -0.357 e. The van der Waals surface area contributed by atoms with Crippen molar-refractivity contribution in [1.29, 1.82) is 0 Å². The van der Waals surface area contributed by atoms with Gasteiger partial charge in [-0.3, -0.25) is 0 Å². The van der Waals surface area contributed by atoms with E-state index in [1.807, 2.05) is 24.4 Å². The Hall–Kier alpha value is -1.63. The second-order valence-electron chi connectivity index (χ2n) is 5.78. The Labute approximate surface area is 139 Å². The highest BCUT2D eigenvalue weighted by atomic mass is 32.2. The monoisotopic (exact) mass is 346 g/mol. The van der Waals surface area contributed by atoms with Gasteiger partial charge >= 0.3 is 0 Å². The number of sulfonamides is 1. The molecule has 4 nitrogen and oxygen atoms in total. The lowest BCUT2D eigenvalue weighted by Gasteiger charge is -2.33. The lowest BCUT2D eigenvalue weighted by Crippen LogP contribution is -2.39. The van der Waals surface area contributed by atoms with Gasteiger partial charge in [0.25, 0.3) is 10.0 Å². The van der Waals surface area contributed by atoms with Crippen LogP contribution in [0, 0.1) is 0 Å². The van der Waals surface area contributed by atoms with Gasteiger partial charge in [-0.15, -0.1) is 11.3 Å². The number of fused-ring (bicyclic) bond motifs is 3. The molecule has 23 heavy (non-hydrogen) atoms. The Morgan fingerprint density at radius 2 is 2.09 bits per heavy atom. The predicted octanol–water partition coefficient (Wildman–Crippen LogP) is 3.93. The van der Waals surface area contributed by atoms with E-state index in [1.165, 1.54) is 22.3 Å². The van der Waals surface area contributed by atoms with Crippen LogP contribution in [0.15, 0.2) is 46.0 Å². The van der Waals surface area contributed by atoms with Crippen LogP contribution in [0.25, 0.3) is 10.9 Å². The highest BCUT2D eigenvalue weighted by Crippen LogP contribution is 2.39. The molecule has 1 N–H and O–H groups in total. The van der Waals surface area contributed by atoms with E-state index in [-0.39, 0.29) is 6.04 Å². The Bertz CT molecular complexity index is 942. The van der Waals surface area contributed by atoms with Crippen LogP contribution in [-0.4, -0.2) is 24.3 Å². The summed E-state index contributed by atoms with van der Waals surface area (Å²) in [5.41, 5.74) is 3.41. The van der Waals surface area contributed by atoms with Crippen LogP contribution in [0.5, 0.6) is 0 Å². The van der Waals surface area contributed by atoms with Crippen molar-refractivity contribution in [3.05, 3.63) is 53.0 Å². The van der Waals surface area contributed by atoms with Crippen molar-refractivity contribution in [1.82, 2.24) is 9.29 Å². The predicted molar refractivity (Wildman–Crippen MR) is 93.2 cm³/mol. The van der Waals surface area contributed by atoms with Crippen LogP contribution in [0.1, 0.15) is 30.6 Å². The molecule has 0 aliphatic carbocycles. The standard InChI is InChI=1S/C17H18N2O2S2/c1-2-15-17-13(12-6-3-4-7-14(12)18-17)9-10-19(15)23(20,21)16-8-5-11-22-16/h3-8,11,15,18H,2,9-10H2,1H3. The number of nitrogens with zero attached hydrogens (tertiary/aromatic N) is 1. The highest BCUT2D eigenvalue weighted by Gasteiger charge is 2.37. The molecule has 0 amide bonds. The van der Waals surface area contributed by atoms with Crippen molar-refractivity contribution in [2.75, 3.05) is 6.54 Å². The molecular formula is C17H18N2O2S2. The quantitative estimate of drug-likeness (QED) is 0.781. The van der Waals surface area contributed by atoms with Crippen molar-refractivity contribution in [2.45, 2.75) is 30.0 Å². The van der Waals surface area contributed by atoms with E-state index in [4.69, 9.17) is 0 Å². The van der Waals surface area contributed by atoms with Gasteiger partial charge in [-0.25, -0.2) is 8.42 Å². The Morgan fingerprint density at radius 1 is 1.26 bits per heavy atom. The molecule has 1 aromatic carbocycles. The van der Waals surface area contributed by atoms with E-state index < -0.39 is 10.0 Å². The van der Waals surface area contributed by atoms with Gasteiger partial charge in [-0.05, 0) is 35.9 Å². The van der Waals surface area contributed by atoms with Crippen molar-refractivity contribution in [3.63, 3.8) is 0 Å². The largest absolute Gasteiger partial charge is 0.357 e. The third kappa shape index (κ3) is 2.24. The van der Waals surface area contributed by atoms with Gasteiger partial charge < -0.3 is 4.98 Å². The molecule has 3 heterocycles. The van der Waals surface area contributed by atoms with E-state index in [2.05, 4.69) is 17.1 Å². The summed E-state index contributed by atoms with van der Waals surface area (Å²) >= 11 is 1.28. The number of thiophene rings is 1. The number of hydrogen-bond donors (Lipinski definition) is 1. The molecular weight excluding hydrogens is 328 g/mol. The molecule has 1 aliphatic heterocycles. The Morgan fingerprint density at radius 3 is 2.83 bits per heavy atom. The first-order chi connectivity index (χ1) is 11.1. The van der Waals surface area contributed by atoms with Crippen LogP contribution in [0.4, 0.5) is 0 Å². The van der Waals surface area contributed by atoms with Gasteiger partial charge in [0.1, 0.15) is 4.21 Å². The number of aromatic amines is 1. The summed E-state index contributed by atoms with van der Waals surface area (Å²) in [5, 5.41) is 3.03. The Kier molecular flexibility index (Phi) is 3.55. The molecule has 4 rings (SSSR count). The van der Waals surface area contributed by atoms with E-state index in [0.29, 0.717) is 10.8 Å². The molecule has 0 radical (unpaired) electrons. The van der Waals surface area contributed by atoms with Crippen LogP contribution >= 0.6 is 11.3 Å². The van der Waals surface area contributed by atoms with Gasteiger partial charge in [0.05, 0.1) is 6.04 Å². The molecule has 6 heteroatoms. The molecule has 0 bridgehead atoms. The zero-order valence-electron chi connectivity index (χ0n) is 12.8. The van der Waals surface area contributed by atoms with Gasteiger partial charge in [0.2, 0.25) is 0 Å². The van der Waals surface area contributed by atoms with Crippen LogP contribution < -0.4 is 0 Å². The van der Waals surface area contributed by atoms with E-state index in [0.717, 1.165) is 24.1 Å². The molecule has 3 aromatic rings. The second kappa shape index (κ2) is 5.47. The van der Waals surface area contributed by atoms with E-state index in [1.54, 1.807) is 16.4 Å². The van der Waals surface area contributed by atoms with Gasteiger partial charge in [-0.2, -0.15) is 4.31 Å². The fraction of sp³-hybridized carbons (Fsp3) is 0.294. The zero-order valence-corrected chi connectivity index (χ0v) is 14.5. The maximum atomic E-state index is 13.0. The smallest absolute Gasteiger partial charge is 0.253 e. The van der Waals surface area contributed by atoms with Crippen molar-refractivity contribution < 1.29 is 8.42 Å². The zero-order chi connectivity index (χ0) is 16.0. The van der Waals surface area contributed by atoms with E-state index >= 15 is 0 Å². The number of hydrogen-bond acceptors (Lipinski definition) is 3. The molecule has 1 unspecified atom stereocenters. The fourth-order valence-corrected chi connectivity index (χ4v) is 6.31. The van der Waals surface area contributed by atoms with Crippen molar-refractivity contribution in [2.24, 2.45) is 0 Å². The van der Waals surface area contributed by atoms with Gasteiger partial charge in [0.15, 0.2) is 0 Å². The summed E-state index contributed by atoms with van der Waals surface area (Å²) in [6.07, 6.45) is 1.50. The minimum absolute atomic E-state index is 0.127. The number of aromatic nitrogens is 1. The first kappa shape index (κ1) is 14.9. The van der Waals surface area contributed by atoms with Crippen LogP contribution in [0.3, 0.4) is 0 Å². The number of para-hydroxylation sites is 1. The normalized spacial score (nSPS) is 19.1. The lowest BCUT2D eigenvalue weighted by molar-refractivity contribution is 0.297. The maximum absolute atomic E-state index is 13.0. The highest BCUT2D eigenvalue weighted by molar-refractivity contribution is 7.91. The SMILES string of the molecule is CCC1c2[nH]c3ccccc3c2CCN1S(=O)(=O)c1cccs1. The average molecular weight is 346 g/mol. The van der Waals surface area contributed by atoms with Crippen LogP contribution in [-0.2, 0) is 16.4 Å². The van der Waals surface area contributed by atoms with Crippen molar-refractivity contribution >= 4 is 32.3 Å². The molecule has 0 saturated heterocycles. The molecule has 0 saturated carbocycles. The molecule has 0 spiro atoms. The topological polar surface area (TPSA) is 53.2 Å². The first-order valence-corrected chi connectivity index (χ1v) is 10.1. The summed E-state index contributed by atoms with van der Waals surface area (Å²) in [5.74, 6) is 0. The average Bonchev–Trinajstić information content (AvgIpc) is 3.21. The Balaban J connectivity index is 1.84. The lowest BCUT2D eigenvalue weighted by atomic mass is 9.98. The van der Waals surface area contributed by atoms with E-state index in [9.17, 15) is 8.42 Å². The molecule has 0 fully saturated rings. The molecule has 2 aromatic heterocycles. The maximum Gasteiger partial charge on any atom is 0.253 e. The van der Waals surface area contributed by atoms with Gasteiger partial charge in [0, 0.05) is 23.1 Å². The van der Waals surface area contributed by atoms with Crippen molar-refractivity contribution in [3.8, 4) is 0 Å². The van der Waals surface area contributed by atoms with Gasteiger partial charge in [-0.1, -0.05) is 31.2 Å². The third-order valence-electron chi connectivity index (χ3n) is 4.55. The third-order valence-corrected chi connectivity index (χ3v) is 7.84. The molecule has 1 atom stereocenters. The van der Waals surface area contributed by atoms with Crippen LogP contribution in [0.2, 0.25) is 0 Å². The summed E-state index contributed by atoms with van der Waals surface area (Å²) in [4.78, 5) is 3.46. The second-order valence-corrected chi connectivity index (χ2v) is 8.85. The summed E-state index contributed by atoms with van der Waals surface area (Å²) in [7, 11) is -3.43. The number of H-pyrrole nitrogens is 1. The number of nitrogens with one attached hydrogen (secondary N) is 1. The number of rotatable bonds is 3. The summed E-state index contributed by atoms with van der Waals surface area (Å²) in [6, 6.07) is 11.6. The molecule has 1 aliphatic rings. The summed E-state index contributed by atoms with van der Waals surface area (Å²) < 4.78 is 28.0. The fourth-order valence-electron chi connectivity index (χ4n) is 3.52. The first-order valence-electron chi connectivity index (χ1n) is 7.77. The summed E-state index contributed by atoms with van der Waals surface area (Å²) in [6.45, 7) is 2.58. The minimum atomic E-state index is -3.43.